The standard InChI is InChI=1S/C13H16N2OS/c16-11-4-2-1-3-10(11)15-13-9-6-8-17-12(9)5-7-14-13/h5-8,10-11,16H,1-4H2,(H,14,15). The number of fused-ring (bicyclic) bond motifs is 1. The molecular formula is C13H16N2OS. The molecule has 2 N–H and O–H groups in total. The first-order valence-corrected chi connectivity index (χ1v) is 6.99. The molecule has 3 nitrogen and oxygen atoms in total. The van der Waals surface area contributed by atoms with Crippen molar-refractivity contribution in [3.63, 3.8) is 0 Å². The van der Waals surface area contributed by atoms with Gasteiger partial charge < -0.3 is 10.4 Å². The van der Waals surface area contributed by atoms with Crippen LogP contribution in [0, 0.1) is 0 Å². The van der Waals surface area contributed by atoms with Crippen LogP contribution in [0.2, 0.25) is 0 Å². The molecule has 17 heavy (non-hydrogen) atoms. The molecule has 3 rings (SSSR count). The van der Waals surface area contributed by atoms with Gasteiger partial charge in [-0.1, -0.05) is 12.8 Å². The fourth-order valence-corrected chi connectivity index (χ4v) is 3.25. The Morgan fingerprint density at radius 3 is 3.06 bits per heavy atom. The average molecular weight is 248 g/mol. The Morgan fingerprint density at radius 1 is 1.29 bits per heavy atom. The van der Waals surface area contributed by atoms with Gasteiger partial charge in [0.25, 0.3) is 0 Å². The third-order valence-corrected chi connectivity index (χ3v) is 4.31. The van der Waals surface area contributed by atoms with Gasteiger partial charge >= 0.3 is 0 Å². The van der Waals surface area contributed by atoms with E-state index in [9.17, 15) is 5.11 Å². The normalized spacial score (nSPS) is 25.0. The molecule has 2 heterocycles. The molecule has 1 aliphatic rings. The van der Waals surface area contributed by atoms with Gasteiger partial charge in [-0.3, -0.25) is 0 Å². The maximum absolute atomic E-state index is 9.97. The van der Waals surface area contributed by atoms with E-state index in [0.717, 1.165) is 30.5 Å². The Morgan fingerprint density at radius 2 is 2.18 bits per heavy atom. The molecular weight excluding hydrogens is 232 g/mol. The summed E-state index contributed by atoms with van der Waals surface area (Å²) in [6.07, 6.45) is 5.85. The van der Waals surface area contributed by atoms with E-state index in [1.54, 1.807) is 11.3 Å². The first-order chi connectivity index (χ1) is 8.34. The number of hydrogen-bond donors (Lipinski definition) is 2. The Balaban J connectivity index is 1.86. The van der Waals surface area contributed by atoms with Gasteiger partial charge in [-0.25, -0.2) is 4.98 Å². The number of anilines is 1. The largest absolute Gasteiger partial charge is 0.391 e. The van der Waals surface area contributed by atoms with Gasteiger partial charge in [0.1, 0.15) is 5.82 Å². The molecule has 0 aromatic carbocycles. The summed E-state index contributed by atoms with van der Waals surface area (Å²) in [5.74, 6) is 0.912. The smallest absolute Gasteiger partial charge is 0.134 e. The second-order valence-electron chi connectivity index (χ2n) is 4.59. The lowest BCUT2D eigenvalue weighted by Crippen LogP contribution is -2.36. The molecule has 0 amide bonds. The second-order valence-corrected chi connectivity index (χ2v) is 5.54. The summed E-state index contributed by atoms with van der Waals surface area (Å²) in [5, 5.41) is 16.6. The van der Waals surface area contributed by atoms with E-state index in [0.29, 0.717) is 0 Å². The van der Waals surface area contributed by atoms with E-state index in [-0.39, 0.29) is 12.1 Å². The molecule has 0 aliphatic heterocycles. The van der Waals surface area contributed by atoms with Gasteiger partial charge in [-0.15, -0.1) is 11.3 Å². The van der Waals surface area contributed by atoms with Crippen molar-refractivity contribution >= 4 is 27.2 Å². The summed E-state index contributed by atoms with van der Waals surface area (Å²) in [7, 11) is 0. The van der Waals surface area contributed by atoms with Crippen molar-refractivity contribution in [3.8, 4) is 0 Å². The van der Waals surface area contributed by atoms with Gasteiger partial charge in [-0.2, -0.15) is 0 Å². The molecule has 1 saturated carbocycles. The highest BCUT2D eigenvalue weighted by molar-refractivity contribution is 7.17. The van der Waals surface area contributed by atoms with Crippen LogP contribution in [0.25, 0.3) is 10.1 Å². The molecule has 1 fully saturated rings. The zero-order chi connectivity index (χ0) is 11.7. The lowest BCUT2D eigenvalue weighted by atomic mass is 9.92. The van der Waals surface area contributed by atoms with E-state index in [2.05, 4.69) is 21.7 Å². The fraction of sp³-hybridized carbons (Fsp3) is 0.462. The van der Waals surface area contributed by atoms with Crippen molar-refractivity contribution in [2.75, 3.05) is 5.32 Å². The van der Waals surface area contributed by atoms with Crippen LogP contribution in [0.5, 0.6) is 0 Å². The van der Waals surface area contributed by atoms with E-state index < -0.39 is 0 Å². The average Bonchev–Trinajstić information content (AvgIpc) is 2.81. The molecule has 2 aromatic rings. The molecule has 1 aliphatic carbocycles. The van der Waals surface area contributed by atoms with Gasteiger partial charge in [0.15, 0.2) is 0 Å². The highest BCUT2D eigenvalue weighted by Gasteiger charge is 2.23. The number of nitrogens with zero attached hydrogens (tertiary/aromatic N) is 1. The summed E-state index contributed by atoms with van der Waals surface area (Å²) in [4.78, 5) is 4.39. The molecule has 0 bridgehead atoms. The van der Waals surface area contributed by atoms with Gasteiger partial charge in [0.05, 0.1) is 12.1 Å². The number of hydrogen-bond acceptors (Lipinski definition) is 4. The first-order valence-electron chi connectivity index (χ1n) is 6.11. The van der Waals surface area contributed by atoms with Crippen LogP contribution >= 0.6 is 11.3 Å². The summed E-state index contributed by atoms with van der Waals surface area (Å²) in [6, 6.07) is 4.27. The van der Waals surface area contributed by atoms with Crippen molar-refractivity contribution in [1.29, 1.82) is 0 Å². The molecule has 2 unspecified atom stereocenters. The monoisotopic (exact) mass is 248 g/mol. The number of nitrogens with one attached hydrogen (secondary N) is 1. The number of pyridine rings is 1. The SMILES string of the molecule is OC1CCCCC1Nc1nccc2sccc12. The van der Waals surface area contributed by atoms with Crippen molar-refractivity contribution in [2.45, 2.75) is 37.8 Å². The molecule has 2 atom stereocenters. The zero-order valence-electron chi connectivity index (χ0n) is 9.60. The van der Waals surface area contributed by atoms with Crippen LogP contribution in [0.1, 0.15) is 25.7 Å². The minimum Gasteiger partial charge on any atom is -0.391 e. The van der Waals surface area contributed by atoms with Crippen molar-refractivity contribution in [3.05, 3.63) is 23.7 Å². The second kappa shape index (κ2) is 4.63. The maximum atomic E-state index is 9.97. The topological polar surface area (TPSA) is 45.1 Å². The van der Waals surface area contributed by atoms with Crippen LogP contribution in [-0.2, 0) is 0 Å². The lowest BCUT2D eigenvalue weighted by molar-refractivity contribution is 0.116. The van der Waals surface area contributed by atoms with Gasteiger partial charge in [-0.05, 0) is 30.4 Å². The van der Waals surface area contributed by atoms with Crippen molar-refractivity contribution in [2.24, 2.45) is 0 Å². The van der Waals surface area contributed by atoms with Crippen LogP contribution in [0.3, 0.4) is 0 Å². The number of aliphatic hydroxyl groups excluding tert-OH is 1. The van der Waals surface area contributed by atoms with Crippen molar-refractivity contribution in [1.82, 2.24) is 4.98 Å². The van der Waals surface area contributed by atoms with Gasteiger partial charge in [0, 0.05) is 16.3 Å². The number of aromatic nitrogens is 1. The number of rotatable bonds is 2. The predicted molar refractivity (Wildman–Crippen MR) is 71.5 cm³/mol. The van der Waals surface area contributed by atoms with Crippen LogP contribution in [0.4, 0.5) is 5.82 Å². The van der Waals surface area contributed by atoms with Crippen LogP contribution in [-0.4, -0.2) is 22.2 Å². The van der Waals surface area contributed by atoms with Crippen LogP contribution in [0.15, 0.2) is 23.7 Å². The molecule has 0 radical (unpaired) electrons. The molecule has 0 saturated heterocycles. The number of thiophene rings is 1. The summed E-state index contributed by atoms with van der Waals surface area (Å²) < 4.78 is 1.24. The Labute approximate surface area is 105 Å². The fourth-order valence-electron chi connectivity index (χ4n) is 2.47. The number of aliphatic hydroxyl groups is 1. The highest BCUT2D eigenvalue weighted by atomic mass is 32.1. The Bertz CT molecular complexity index is 511. The van der Waals surface area contributed by atoms with Crippen LogP contribution < -0.4 is 5.32 Å². The third-order valence-electron chi connectivity index (χ3n) is 3.43. The zero-order valence-corrected chi connectivity index (χ0v) is 10.4. The third kappa shape index (κ3) is 2.15. The molecule has 90 valence electrons. The first kappa shape index (κ1) is 11.0. The summed E-state index contributed by atoms with van der Waals surface area (Å²) >= 11 is 1.72. The summed E-state index contributed by atoms with van der Waals surface area (Å²) in [6.45, 7) is 0. The minimum atomic E-state index is -0.237. The minimum absolute atomic E-state index is 0.154. The van der Waals surface area contributed by atoms with E-state index in [4.69, 9.17) is 0 Å². The van der Waals surface area contributed by atoms with Crippen molar-refractivity contribution < 1.29 is 5.11 Å². The lowest BCUT2D eigenvalue weighted by Gasteiger charge is -2.28. The predicted octanol–water partition coefficient (Wildman–Crippen LogP) is 3.01. The Hall–Kier alpha value is -1.13. The quantitative estimate of drug-likeness (QED) is 0.858. The molecule has 2 aromatic heterocycles. The van der Waals surface area contributed by atoms with E-state index in [1.165, 1.54) is 11.1 Å². The van der Waals surface area contributed by atoms with E-state index >= 15 is 0 Å². The van der Waals surface area contributed by atoms with Gasteiger partial charge in [0.2, 0.25) is 0 Å². The summed E-state index contributed by atoms with van der Waals surface area (Å²) in [5.41, 5.74) is 0. The molecule has 4 heteroatoms. The maximum Gasteiger partial charge on any atom is 0.134 e. The Kier molecular flexibility index (Phi) is 2.99. The molecule has 0 spiro atoms. The highest BCUT2D eigenvalue weighted by Crippen LogP contribution is 2.28. The van der Waals surface area contributed by atoms with E-state index in [1.807, 2.05) is 12.3 Å².